The van der Waals surface area contributed by atoms with E-state index in [4.69, 9.17) is 6.42 Å². The van der Waals surface area contributed by atoms with Crippen molar-refractivity contribution < 1.29 is 0 Å². The van der Waals surface area contributed by atoms with Crippen molar-refractivity contribution in [1.29, 1.82) is 0 Å². The number of terminal acetylenes is 1. The molecule has 0 aromatic rings. The van der Waals surface area contributed by atoms with Crippen LogP contribution < -0.4 is 5.32 Å². The zero-order chi connectivity index (χ0) is 12.4. The van der Waals surface area contributed by atoms with Crippen molar-refractivity contribution in [2.45, 2.75) is 59.0 Å². The fourth-order valence-corrected chi connectivity index (χ4v) is 1.92. The van der Waals surface area contributed by atoms with Crippen LogP contribution in [-0.2, 0) is 0 Å². The highest BCUT2D eigenvalue weighted by molar-refractivity contribution is 4.87. The fraction of sp³-hybridized carbons (Fsp3) is 0.857. The molecule has 0 saturated heterocycles. The molecule has 2 atom stereocenters. The fourth-order valence-electron chi connectivity index (χ4n) is 1.92. The van der Waals surface area contributed by atoms with Gasteiger partial charge in [0.1, 0.15) is 0 Å². The van der Waals surface area contributed by atoms with Crippen LogP contribution in [0.15, 0.2) is 0 Å². The first-order chi connectivity index (χ1) is 7.67. The van der Waals surface area contributed by atoms with E-state index in [9.17, 15) is 0 Å². The smallest absolute Gasteiger partial charge is 0.0574 e. The van der Waals surface area contributed by atoms with Gasteiger partial charge in [0.05, 0.1) is 6.54 Å². The Morgan fingerprint density at radius 3 is 2.44 bits per heavy atom. The summed E-state index contributed by atoms with van der Waals surface area (Å²) in [6.07, 6.45) is 8.99. The van der Waals surface area contributed by atoms with Gasteiger partial charge in [0.25, 0.3) is 0 Å². The highest BCUT2D eigenvalue weighted by atomic mass is 15.2. The van der Waals surface area contributed by atoms with Crippen LogP contribution in [0.5, 0.6) is 0 Å². The van der Waals surface area contributed by atoms with Gasteiger partial charge in [-0.05, 0) is 33.2 Å². The summed E-state index contributed by atoms with van der Waals surface area (Å²) in [6, 6.07) is 1.23. The van der Waals surface area contributed by atoms with Crippen molar-refractivity contribution in [3.63, 3.8) is 0 Å². The molecule has 0 bridgehead atoms. The maximum Gasteiger partial charge on any atom is 0.0574 e. The second kappa shape index (κ2) is 9.69. The molecular weight excluding hydrogens is 196 g/mol. The molecule has 0 aliphatic rings. The minimum atomic E-state index is 0.565. The molecule has 0 rings (SSSR count). The summed E-state index contributed by atoms with van der Waals surface area (Å²) in [6.45, 7) is 12.0. The summed E-state index contributed by atoms with van der Waals surface area (Å²) in [5.41, 5.74) is 0. The molecule has 94 valence electrons. The Morgan fingerprint density at radius 1 is 1.25 bits per heavy atom. The van der Waals surface area contributed by atoms with Gasteiger partial charge in [-0.2, -0.15) is 0 Å². The molecule has 0 radical (unpaired) electrons. The summed E-state index contributed by atoms with van der Waals surface area (Å²) in [4.78, 5) is 2.59. The SMILES string of the molecule is C#CCNCC(C)N(CCCC)C(C)CC. The van der Waals surface area contributed by atoms with Gasteiger partial charge in [-0.25, -0.2) is 0 Å². The summed E-state index contributed by atoms with van der Waals surface area (Å²) in [5, 5.41) is 3.29. The maximum atomic E-state index is 5.23. The molecule has 0 aromatic carbocycles. The lowest BCUT2D eigenvalue weighted by Gasteiger charge is -2.34. The van der Waals surface area contributed by atoms with E-state index in [1.807, 2.05) is 0 Å². The molecule has 0 saturated carbocycles. The molecule has 2 heteroatoms. The van der Waals surface area contributed by atoms with Crippen molar-refractivity contribution in [2.75, 3.05) is 19.6 Å². The Morgan fingerprint density at radius 2 is 1.94 bits per heavy atom. The normalized spacial score (nSPS) is 14.8. The molecule has 1 N–H and O–H groups in total. The third-order valence-corrected chi connectivity index (χ3v) is 3.16. The minimum absolute atomic E-state index is 0.565. The first-order valence-corrected chi connectivity index (χ1v) is 6.57. The van der Waals surface area contributed by atoms with E-state index in [2.05, 4.69) is 43.8 Å². The average molecular weight is 224 g/mol. The molecule has 2 unspecified atom stereocenters. The maximum absolute atomic E-state index is 5.23. The van der Waals surface area contributed by atoms with Gasteiger partial charge in [-0.1, -0.05) is 26.2 Å². The van der Waals surface area contributed by atoms with Gasteiger partial charge >= 0.3 is 0 Å². The molecule has 0 spiro atoms. The highest BCUT2D eigenvalue weighted by Gasteiger charge is 2.17. The third-order valence-electron chi connectivity index (χ3n) is 3.16. The first kappa shape index (κ1) is 15.5. The van der Waals surface area contributed by atoms with Crippen LogP contribution in [0.2, 0.25) is 0 Å². The molecule has 0 aromatic heterocycles. The summed E-state index contributed by atoms with van der Waals surface area (Å²) >= 11 is 0. The van der Waals surface area contributed by atoms with E-state index >= 15 is 0 Å². The Bertz CT molecular complexity index is 195. The Hall–Kier alpha value is -0.520. The lowest BCUT2D eigenvalue weighted by Crippen LogP contribution is -2.45. The van der Waals surface area contributed by atoms with Gasteiger partial charge in [-0.3, -0.25) is 4.90 Å². The summed E-state index contributed by atoms with van der Waals surface area (Å²) < 4.78 is 0. The lowest BCUT2D eigenvalue weighted by atomic mass is 10.1. The van der Waals surface area contributed by atoms with Crippen molar-refractivity contribution in [2.24, 2.45) is 0 Å². The van der Waals surface area contributed by atoms with E-state index in [1.54, 1.807) is 0 Å². The predicted molar refractivity (Wildman–Crippen MR) is 72.5 cm³/mol. The number of unbranched alkanes of at least 4 members (excludes halogenated alkanes) is 1. The van der Waals surface area contributed by atoms with Crippen LogP contribution in [0.3, 0.4) is 0 Å². The molecule has 0 aliphatic heterocycles. The highest BCUT2D eigenvalue weighted by Crippen LogP contribution is 2.10. The lowest BCUT2D eigenvalue weighted by molar-refractivity contribution is 0.146. The average Bonchev–Trinajstić information content (AvgIpc) is 2.29. The number of hydrogen-bond acceptors (Lipinski definition) is 2. The molecule has 2 nitrogen and oxygen atoms in total. The molecule has 0 amide bonds. The van der Waals surface area contributed by atoms with Crippen LogP contribution in [0.1, 0.15) is 47.0 Å². The quantitative estimate of drug-likeness (QED) is 0.478. The number of rotatable bonds is 9. The van der Waals surface area contributed by atoms with Gasteiger partial charge in [-0.15, -0.1) is 6.42 Å². The van der Waals surface area contributed by atoms with E-state index in [0.29, 0.717) is 18.6 Å². The van der Waals surface area contributed by atoms with Crippen LogP contribution in [0, 0.1) is 12.3 Å². The van der Waals surface area contributed by atoms with Crippen molar-refractivity contribution in [3.8, 4) is 12.3 Å². The van der Waals surface area contributed by atoms with E-state index in [0.717, 1.165) is 6.54 Å². The topological polar surface area (TPSA) is 15.3 Å². The molecule has 0 fully saturated rings. The van der Waals surface area contributed by atoms with Gasteiger partial charge < -0.3 is 5.32 Å². The molecule has 0 aliphatic carbocycles. The zero-order valence-electron chi connectivity index (χ0n) is 11.4. The number of hydrogen-bond donors (Lipinski definition) is 1. The number of nitrogens with zero attached hydrogens (tertiary/aromatic N) is 1. The monoisotopic (exact) mass is 224 g/mol. The van der Waals surface area contributed by atoms with E-state index in [-0.39, 0.29) is 0 Å². The standard InChI is InChI=1S/C14H28N2/c1-6-9-11-16(13(4)8-3)14(5)12-15-10-7-2/h2,13-15H,6,8-12H2,1,3-5H3. The Labute approximate surface area is 102 Å². The Balaban J connectivity index is 4.09. The summed E-state index contributed by atoms with van der Waals surface area (Å²) in [7, 11) is 0. The largest absolute Gasteiger partial charge is 0.305 e. The van der Waals surface area contributed by atoms with E-state index in [1.165, 1.54) is 25.8 Å². The van der Waals surface area contributed by atoms with Crippen LogP contribution in [-0.4, -0.2) is 36.6 Å². The van der Waals surface area contributed by atoms with Gasteiger partial charge in [0.15, 0.2) is 0 Å². The molecule has 0 heterocycles. The van der Waals surface area contributed by atoms with Crippen LogP contribution >= 0.6 is 0 Å². The molecule has 16 heavy (non-hydrogen) atoms. The first-order valence-electron chi connectivity index (χ1n) is 6.57. The van der Waals surface area contributed by atoms with Crippen LogP contribution in [0.4, 0.5) is 0 Å². The van der Waals surface area contributed by atoms with Crippen LogP contribution in [0.25, 0.3) is 0 Å². The minimum Gasteiger partial charge on any atom is -0.305 e. The van der Waals surface area contributed by atoms with Gasteiger partial charge in [0, 0.05) is 18.6 Å². The second-order valence-corrected chi connectivity index (χ2v) is 4.53. The summed E-state index contributed by atoms with van der Waals surface area (Å²) in [5.74, 6) is 2.62. The van der Waals surface area contributed by atoms with Crippen molar-refractivity contribution >= 4 is 0 Å². The second-order valence-electron chi connectivity index (χ2n) is 4.53. The van der Waals surface area contributed by atoms with Crippen molar-refractivity contribution in [3.05, 3.63) is 0 Å². The Kier molecular flexibility index (Phi) is 9.37. The van der Waals surface area contributed by atoms with Crippen molar-refractivity contribution in [1.82, 2.24) is 10.2 Å². The zero-order valence-corrected chi connectivity index (χ0v) is 11.4. The van der Waals surface area contributed by atoms with E-state index < -0.39 is 0 Å². The van der Waals surface area contributed by atoms with Gasteiger partial charge in [0.2, 0.25) is 0 Å². The molecular formula is C14H28N2. The predicted octanol–water partition coefficient (Wildman–Crippen LogP) is 2.50. The number of nitrogens with one attached hydrogen (secondary N) is 1. The third kappa shape index (κ3) is 6.15.